The highest BCUT2D eigenvalue weighted by Crippen LogP contribution is 1.89. The zero-order valence-electron chi connectivity index (χ0n) is 6.49. The highest BCUT2D eigenvalue weighted by atomic mass is 16.5. The van der Waals surface area contributed by atoms with Crippen LogP contribution in [0.15, 0.2) is 0 Å². The molecule has 0 amide bonds. The van der Waals surface area contributed by atoms with E-state index < -0.39 is 6.10 Å². The lowest BCUT2D eigenvalue weighted by Crippen LogP contribution is -2.19. The van der Waals surface area contributed by atoms with Crippen LogP contribution in [0.4, 0.5) is 0 Å². The summed E-state index contributed by atoms with van der Waals surface area (Å²) < 4.78 is 4.98. The Kier molecular flexibility index (Phi) is 7.16. The van der Waals surface area contributed by atoms with Gasteiger partial charge in [-0.1, -0.05) is 0 Å². The lowest BCUT2D eigenvalue weighted by Gasteiger charge is -2.06. The zero-order valence-corrected chi connectivity index (χ0v) is 6.49. The van der Waals surface area contributed by atoms with E-state index in [2.05, 4.69) is 5.92 Å². The third-order valence-electron chi connectivity index (χ3n) is 1.13. The molecule has 0 aliphatic rings. The Labute approximate surface area is 67.0 Å². The quantitative estimate of drug-likeness (QED) is 0.414. The molecule has 0 fully saturated rings. The van der Waals surface area contributed by atoms with Gasteiger partial charge < -0.3 is 14.9 Å². The van der Waals surface area contributed by atoms with E-state index in [4.69, 9.17) is 21.4 Å². The van der Waals surface area contributed by atoms with Crippen molar-refractivity contribution in [2.24, 2.45) is 0 Å². The smallest absolute Gasteiger partial charge is 0.100 e. The van der Waals surface area contributed by atoms with Gasteiger partial charge in [-0.2, -0.15) is 0 Å². The molecule has 0 saturated carbocycles. The van der Waals surface area contributed by atoms with Crippen LogP contribution >= 0.6 is 0 Å². The van der Waals surface area contributed by atoms with Crippen LogP contribution in [0, 0.1) is 12.3 Å². The predicted molar refractivity (Wildman–Crippen MR) is 42.0 cm³/mol. The van der Waals surface area contributed by atoms with Gasteiger partial charge in [0.25, 0.3) is 0 Å². The van der Waals surface area contributed by atoms with E-state index in [1.165, 1.54) is 0 Å². The molecule has 0 radical (unpaired) electrons. The molecule has 0 aromatic heterocycles. The molecular weight excluding hydrogens is 144 g/mol. The fourth-order valence-electron chi connectivity index (χ4n) is 0.548. The van der Waals surface area contributed by atoms with Gasteiger partial charge in [0.1, 0.15) is 6.10 Å². The summed E-state index contributed by atoms with van der Waals surface area (Å²) in [6.07, 6.45) is 5.73. The minimum Gasteiger partial charge on any atom is -0.394 e. The van der Waals surface area contributed by atoms with Crippen LogP contribution < -0.4 is 0 Å². The first-order valence-corrected chi connectivity index (χ1v) is 3.61. The van der Waals surface area contributed by atoms with Crippen molar-refractivity contribution in [3.63, 3.8) is 0 Å². The van der Waals surface area contributed by atoms with Crippen LogP contribution in [-0.4, -0.2) is 36.1 Å². The van der Waals surface area contributed by atoms with Crippen LogP contribution in [0.5, 0.6) is 0 Å². The molecule has 0 spiro atoms. The molecule has 1 unspecified atom stereocenters. The second kappa shape index (κ2) is 7.55. The maximum Gasteiger partial charge on any atom is 0.100 e. The Hall–Kier alpha value is -0.560. The van der Waals surface area contributed by atoms with E-state index in [9.17, 15) is 0 Å². The minimum atomic E-state index is -0.763. The van der Waals surface area contributed by atoms with Crippen molar-refractivity contribution in [3.05, 3.63) is 0 Å². The molecule has 0 rings (SSSR count). The van der Waals surface area contributed by atoms with E-state index in [0.717, 1.165) is 6.42 Å². The molecule has 0 aromatic carbocycles. The van der Waals surface area contributed by atoms with E-state index in [1.54, 1.807) is 0 Å². The van der Waals surface area contributed by atoms with Gasteiger partial charge in [-0.25, -0.2) is 0 Å². The number of rotatable bonds is 6. The van der Waals surface area contributed by atoms with E-state index in [-0.39, 0.29) is 13.2 Å². The van der Waals surface area contributed by atoms with Crippen molar-refractivity contribution >= 4 is 0 Å². The minimum absolute atomic E-state index is 0.182. The Bertz CT molecular complexity index is 117. The average molecular weight is 158 g/mol. The maximum atomic E-state index is 8.80. The lowest BCUT2D eigenvalue weighted by molar-refractivity contribution is 0.00595. The summed E-state index contributed by atoms with van der Waals surface area (Å²) in [7, 11) is 0. The van der Waals surface area contributed by atoms with Gasteiger partial charge in [-0.15, -0.1) is 12.3 Å². The highest BCUT2D eigenvalue weighted by molar-refractivity contribution is 4.82. The summed E-state index contributed by atoms with van der Waals surface area (Å²) in [6, 6.07) is 0. The molecule has 11 heavy (non-hydrogen) atoms. The number of terminal acetylenes is 1. The third kappa shape index (κ3) is 7.34. The van der Waals surface area contributed by atoms with Gasteiger partial charge in [-0.3, -0.25) is 0 Å². The third-order valence-corrected chi connectivity index (χ3v) is 1.13. The predicted octanol–water partition coefficient (Wildman–Crippen LogP) is -0.230. The first-order chi connectivity index (χ1) is 5.31. The molecular formula is C8H14O3. The maximum absolute atomic E-state index is 8.80. The number of aliphatic hydroxyl groups excluding tert-OH is 2. The summed E-state index contributed by atoms with van der Waals surface area (Å²) in [6.45, 7) is 0.470. The monoisotopic (exact) mass is 158 g/mol. The van der Waals surface area contributed by atoms with Gasteiger partial charge >= 0.3 is 0 Å². The van der Waals surface area contributed by atoms with Gasteiger partial charge in [0.2, 0.25) is 0 Å². The number of ether oxygens (including phenoxy) is 1. The second-order valence-corrected chi connectivity index (χ2v) is 2.22. The lowest BCUT2D eigenvalue weighted by atomic mass is 10.3. The van der Waals surface area contributed by atoms with Crippen LogP contribution in [-0.2, 0) is 4.74 Å². The highest BCUT2D eigenvalue weighted by Gasteiger charge is 1.99. The molecule has 0 bridgehead atoms. The molecule has 0 aromatic rings. The summed E-state index contributed by atoms with van der Waals surface area (Å²) in [5.74, 6) is 2.48. The van der Waals surface area contributed by atoms with Gasteiger partial charge in [0, 0.05) is 13.0 Å². The van der Waals surface area contributed by atoms with E-state index >= 15 is 0 Å². The molecule has 0 saturated heterocycles. The van der Waals surface area contributed by atoms with Crippen LogP contribution in [0.1, 0.15) is 12.8 Å². The summed E-state index contributed by atoms with van der Waals surface area (Å²) in [5, 5.41) is 17.2. The normalized spacial score (nSPS) is 12.5. The topological polar surface area (TPSA) is 49.7 Å². The Morgan fingerprint density at radius 2 is 2.27 bits per heavy atom. The Morgan fingerprint density at radius 1 is 1.55 bits per heavy atom. The molecule has 1 atom stereocenters. The Morgan fingerprint density at radius 3 is 2.82 bits per heavy atom. The van der Waals surface area contributed by atoms with Crippen molar-refractivity contribution in [1.82, 2.24) is 0 Å². The SMILES string of the molecule is C#CCCCOCC(O)CO. The number of unbranched alkanes of at least 4 members (excludes halogenated alkanes) is 1. The van der Waals surface area contributed by atoms with Gasteiger partial charge in [0.05, 0.1) is 13.2 Å². The average Bonchev–Trinajstić information content (AvgIpc) is 2.04. The summed E-state index contributed by atoms with van der Waals surface area (Å²) in [4.78, 5) is 0. The molecule has 0 aliphatic carbocycles. The fourth-order valence-corrected chi connectivity index (χ4v) is 0.548. The number of aliphatic hydroxyl groups is 2. The molecule has 3 nitrogen and oxygen atoms in total. The molecule has 3 heteroatoms. The first kappa shape index (κ1) is 10.4. The van der Waals surface area contributed by atoms with Gasteiger partial charge in [0.15, 0.2) is 0 Å². The zero-order chi connectivity index (χ0) is 8.53. The van der Waals surface area contributed by atoms with Crippen LogP contribution in [0.2, 0.25) is 0 Å². The standard InChI is InChI=1S/C8H14O3/c1-2-3-4-5-11-7-8(10)6-9/h1,8-10H,3-7H2. The van der Waals surface area contributed by atoms with Crippen LogP contribution in [0.3, 0.4) is 0 Å². The largest absolute Gasteiger partial charge is 0.394 e. The molecule has 0 aliphatic heterocycles. The van der Waals surface area contributed by atoms with Crippen molar-refractivity contribution in [3.8, 4) is 12.3 Å². The van der Waals surface area contributed by atoms with Crippen molar-refractivity contribution in [2.75, 3.05) is 19.8 Å². The fraction of sp³-hybridized carbons (Fsp3) is 0.750. The van der Waals surface area contributed by atoms with Gasteiger partial charge in [-0.05, 0) is 6.42 Å². The van der Waals surface area contributed by atoms with Crippen molar-refractivity contribution in [2.45, 2.75) is 18.9 Å². The number of hydrogen-bond donors (Lipinski definition) is 2. The van der Waals surface area contributed by atoms with E-state index in [1.807, 2.05) is 0 Å². The van der Waals surface area contributed by atoms with Crippen molar-refractivity contribution < 1.29 is 14.9 Å². The van der Waals surface area contributed by atoms with E-state index in [0.29, 0.717) is 13.0 Å². The van der Waals surface area contributed by atoms with Crippen LogP contribution in [0.25, 0.3) is 0 Å². The second-order valence-electron chi connectivity index (χ2n) is 2.22. The molecule has 2 N–H and O–H groups in total. The molecule has 64 valence electrons. The van der Waals surface area contributed by atoms with Crippen molar-refractivity contribution in [1.29, 1.82) is 0 Å². The molecule has 0 heterocycles. The Balaban J connectivity index is 2.97. The summed E-state index contributed by atoms with van der Waals surface area (Å²) >= 11 is 0. The number of hydrogen-bond acceptors (Lipinski definition) is 3. The first-order valence-electron chi connectivity index (χ1n) is 3.61. The summed E-state index contributed by atoms with van der Waals surface area (Å²) in [5.41, 5.74) is 0.